The van der Waals surface area contributed by atoms with Gasteiger partial charge in [0.15, 0.2) is 0 Å². The smallest absolute Gasteiger partial charge is 0.267 e. The highest BCUT2D eigenvalue weighted by molar-refractivity contribution is 5.99. The molecule has 7 nitrogen and oxygen atoms in total. The highest BCUT2D eigenvalue weighted by Gasteiger charge is 2.23. The Kier molecular flexibility index (Phi) is 7.85. The predicted molar refractivity (Wildman–Crippen MR) is 160 cm³/mol. The number of H-pyrrole nitrogens is 1. The van der Waals surface area contributed by atoms with E-state index in [0.29, 0.717) is 12.3 Å². The average Bonchev–Trinajstić information content (AvgIpc) is 3.56. The lowest BCUT2D eigenvalue weighted by atomic mass is 10.0. The van der Waals surface area contributed by atoms with Crippen LogP contribution in [-0.2, 0) is 6.61 Å². The molecule has 7 heteroatoms. The highest BCUT2D eigenvalue weighted by atomic mass is 16.5. The lowest BCUT2D eigenvalue weighted by Crippen LogP contribution is -2.47. The van der Waals surface area contributed by atoms with E-state index in [9.17, 15) is 4.79 Å². The first-order valence-corrected chi connectivity index (χ1v) is 14.9. The third kappa shape index (κ3) is 5.91. The summed E-state index contributed by atoms with van der Waals surface area (Å²) in [5.41, 5.74) is 5.81. The summed E-state index contributed by atoms with van der Waals surface area (Å²) < 4.78 is 12.0. The van der Waals surface area contributed by atoms with Crippen LogP contribution >= 0.6 is 0 Å². The van der Waals surface area contributed by atoms with Crippen LogP contribution in [0.2, 0.25) is 0 Å². The standard InChI is InChI=1S/C33H42N4O3/c1-22-6-5-11-37(19-22)15-14-36-12-9-26(10-13-36)34-33(38)30-18-28-29(35-30)7-4-8-31(28)39-20-25-21-40-32-17-24(3)23(2)16-27(25)32/h4,7-8,16-18,21-22,26,35H,5-6,9-15,19-20H2,1-3H3,(H,34,38). The molecule has 0 bridgehead atoms. The fourth-order valence-electron chi connectivity index (χ4n) is 6.32. The van der Waals surface area contributed by atoms with E-state index in [2.05, 4.69) is 53.0 Å². The van der Waals surface area contributed by atoms with Crippen molar-refractivity contribution in [2.24, 2.45) is 5.92 Å². The minimum atomic E-state index is -0.0467. The number of carbonyl (C=O) groups is 1. The first kappa shape index (κ1) is 26.9. The quantitative estimate of drug-likeness (QED) is 0.284. The van der Waals surface area contributed by atoms with Gasteiger partial charge in [-0.3, -0.25) is 4.79 Å². The van der Waals surface area contributed by atoms with Crippen LogP contribution in [0.4, 0.5) is 0 Å². The van der Waals surface area contributed by atoms with Crippen LogP contribution in [0.1, 0.15) is 59.8 Å². The number of likely N-dealkylation sites (tertiary alicyclic amines) is 2. The molecule has 2 fully saturated rings. The fourth-order valence-corrected chi connectivity index (χ4v) is 6.32. The van der Waals surface area contributed by atoms with Crippen molar-refractivity contribution in [3.05, 3.63) is 65.0 Å². The summed E-state index contributed by atoms with van der Waals surface area (Å²) in [5, 5.41) is 5.26. The molecule has 0 radical (unpaired) electrons. The van der Waals surface area contributed by atoms with Crippen LogP contribution in [0.5, 0.6) is 5.75 Å². The van der Waals surface area contributed by atoms with Gasteiger partial charge in [0.2, 0.25) is 0 Å². The molecular formula is C33H42N4O3. The molecule has 2 aliphatic rings. The Hall–Kier alpha value is -3.29. The number of aromatic amines is 1. The summed E-state index contributed by atoms with van der Waals surface area (Å²) in [4.78, 5) is 21.7. The fraction of sp³-hybridized carbons (Fsp3) is 0.485. The lowest BCUT2D eigenvalue weighted by Gasteiger charge is -2.36. The van der Waals surface area contributed by atoms with Crippen LogP contribution in [-0.4, -0.2) is 66.0 Å². The van der Waals surface area contributed by atoms with Crippen molar-refractivity contribution in [2.45, 2.75) is 59.1 Å². The molecule has 2 aromatic heterocycles. The van der Waals surface area contributed by atoms with E-state index in [1.807, 2.05) is 24.3 Å². The molecule has 40 heavy (non-hydrogen) atoms. The molecule has 0 spiro atoms. The van der Waals surface area contributed by atoms with Crippen molar-refractivity contribution < 1.29 is 13.9 Å². The van der Waals surface area contributed by atoms with Crippen molar-refractivity contribution in [3.8, 4) is 5.75 Å². The molecule has 6 rings (SSSR count). The number of nitrogens with one attached hydrogen (secondary N) is 2. The highest BCUT2D eigenvalue weighted by Crippen LogP contribution is 2.30. The third-order valence-electron chi connectivity index (χ3n) is 8.92. The van der Waals surface area contributed by atoms with E-state index in [1.54, 1.807) is 6.26 Å². The van der Waals surface area contributed by atoms with E-state index in [0.717, 1.165) is 78.1 Å². The van der Waals surface area contributed by atoms with Gasteiger partial charge in [0.25, 0.3) is 5.91 Å². The number of benzene rings is 2. The van der Waals surface area contributed by atoms with E-state index in [4.69, 9.17) is 9.15 Å². The molecule has 2 aliphatic heterocycles. The molecule has 1 unspecified atom stereocenters. The normalized spacial score (nSPS) is 19.4. The van der Waals surface area contributed by atoms with Crippen molar-refractivity contribution in [1.29, 1.82) is 0 Å². The second-order valence-electron chi connectivity index (χ2n) is 12.0. The molecule has 1 atom stereocenters. The van der Waals surface area contributed by atoms with Crippen molar-refractivity contribution >= 4 is 27.8 Å². The van der Waals surface area contributed by atoms with Gasteiger partial charge < -0.3 is 29.3 Å². The van der Waals surface area contributed by atoms with Gasteiger partial charge in [-0.1, -0.05) is 13.0 Å². The van der Waals surface area contributed by atoms with E-state index >= 15 is 0 Å². The number of hydrogen-bond acceptors (Lipinski definition) is 5. The number of furan rings is 1. The molecule has 2 saturated heterocycles. The molecule has 0 aliphatic carbocycles. The Labute approximate surface area is 236 Å². The Morgan fingerprint density at radius 2 is 1.82 bits per heavy atom. The monoisotopic (exact) mass is 542 g/mol. The summed E-state index contributed by atoms with van der Waals surface area (Å²) in [6.07, 6.45) is 6.47. The van der Waals surface area contributed by atoms with Crippen molar-refractivity contribution in [1.82, 2.24) is 20.1 Å². The van der Waals surface area contributed by atoms with Gasteiger partial charge in [-0.05, 0) is 93.5 Å². The largest absolute Gasteiger partial charge is 0.488 e. The van der Waals surface area contributed by atoms with Crippen LogP contribution in [0.15, 0.2) is 47.1 Å². The van der Waals surface area contributed by atoms with Crippen molar-refractivity contribution in [3.63, 3.8) is 0 Å². The number of aryl methyl sites for hydroxylation is 2. The van der Waals surface area contributed by atoms with Gasteiger partial charge in [-0.25, -0.2) is 0 Å². The van der Waals surface area contributed by atoms with Crippen molar-refractivity contribution in [2.75, 3.05) is 39.3 Å². The van der Waals surface area contributed by atoms with E-state index < -0.39 is 0 Å². The molecule has 0 saturated carbocycles. The third-order valence-corrected chi connectivity index (χ3v) is 8.92. The van der Waals surface area contributed by atoms with E-state index in [-0.39, 0.29) is 11.9 Å². The SMILES string of the molecule is Cc1cc2occ(COc3cccc4[nH]c(C(=O)NC5CCN(CCN6CCCC(C)C6)CC5)cc34)c2cc1C. The van der Waals surface area contributed by atoms with Crippen LogP contribution in [0, 0.1) is 19.8 Å². The Morgan fingerprint density at radius 3 is 2.65 bits per heavy atom. The summed E-state index contributed by atoms with van der Waals surface area (Å²) >= 11 is 0. The number of aromatic nitrogens is 1. The Morgan fingerprint density at radius 1 is 1.02 bits per heavy atom. The molecule has 2 aromatic carbocycles. The molecule has 4 heterocycles. The lowest BCUT2D eigenvalue weighted by molar-refractivity contribution is 0.0898. The number of nitrogens with zero attached hydrogens (tertiary/aromatic N) is 2. The molecule has 4 aromatic rings. The summed E-state index contributed by atoms with van der Waals surface area (Å²) in [5.74, 6) is 1.53. The maximum absolute atomic E-state index is 13.2. The first-order valence-electron chi connectivity index (χ1n) is 14.9. The zero-order valence-electron chi connectivity index (χ0n) is 24.1. The maximum Gasteiger partial charge on any atom is 0.267 e. The van der Waals surface area contributed by atoms with Crippen LogP contribution < -0.4 is 10.1 Å². The topological polar surface area (TPSA) is 73.7 Å². The molecule has 2 N–H and O–H groups in total. The number of rotatable bonds is 8. The minimum absolute atomic E-state index is 0.0467. The van der Waals surface area contributed by atoms with E-state index in [1.165, 1.54) is 37.1 Å². The van der Waals surface area contributed by atoms with Crippen LogP contribution in [0.25, 0.3) is 21.9 Å². The molecular weight excluding hydrogens is 500 g/mol. The average molecular weight is 543 g/mol. The number of carbonyl (C=O) groups excluding carboxylic acids is 1. The number of hydrogen-bond donors (Lipinski definition) is 2. The Bertz CT molecular complexity index is 1480. The molecule has 1 amide bonds. The zero-order valence-corrected chi connectivity index (χ0v) is 24.1. The Balaban J connectivity index is 1.04. The summed E-state index contributed by atoms with van der Waals surface area (Å²) in [6.45, 7) is 13.8. The van der Waals surface area contributed by atoms with Crippen LogP contribution in [0.3, 0.4) is 0 Å². The maximum atomic E-state index is 13.2. The predicted octanol–water partition coefficient (Wildman–Crippen LogP) is 6.04. The second kappa shape index (κ2) is 11.7. The zero-order chi connectivity index (χ0) is 27.6. The van der Waals surface area contributed by atoms with Gasteiger partial charge in [0, 0.05) is 60.6 Å². The number of ether oxygens (including phenoxy) is 1. The van der Waals surface area contributed by atoms with Gasteiger partial charge >= 0.3 is 0 Å². The second-order valence-corrected chi connectivity index (χ2v) is 12.0. The summed E-state index contributed by atoms with van der Waals surface area (Å²) in [6, 6.07) is 12.3. The van der Waals surface area contributed by atoms with Gasteiger partial charge in [-0.15, -0.1) is 0 Å². The minimum Gasteiger partial charge on any atom is -0.488 e. The molecule has 212 valence electrons. The van der Waals surface area contributed by atoms with Gasteiger partial charge in [-0.2, -0.15) is 0 Å². The summed E-state index contributed by atoms with van der Waals surface area (Å²) in [7, 11) is 0. The number of fused-ring (bicyclic) bond motifs is 2. The van der Waals surface area contributed by atoms with Gasteiger partial charge in [0.05, 0.1) is 6.26 Å². The first-order chi connectivity index (χ1) is 19.4. The number of piperidine rings is 2. The number of amides is 1. The van der Waals surface area contributed by atoms with Gasteiger partial charge in [0.1, 0.15) is 23.6 Å².